The maximum atomic E-state index is 12.8. The zero-order valence-electron chi connectivity index (χ0n) is 16.8. The van der Waals surface area contributed by atoms with Crippen LogP contribution in [-0.2, 0) is 6.54 Å². The van der Waals surface area contributed by atoms with Gasteiger partial charge in [0.2, 0.25) is 0 Å². The van der Waals surface area contributed by atoms with Crippen LogP contribution in [0.3, 0.4) is 0 Å². The van der Waals surface area contributed by atoms with E-state index < -0.39 is 0 Å². The molecule has 6 nitrogen and oxygen atoms in total. The molecule has 29 heavy (non-hydrogen) atoms. The van der Waals surface area contributed by atoms with Crippen LogP contribution in [0.4, 0.5) is 0 Å². The summed E-state index contributed by atoms with van der Waals surface area (Å²) < 4.78 is 7.52. The highest BCUT2D eigenvalue weighted by Crippen LogP contribution is 2.29. The van der Waals surface area contributed by atoms with E-state index in [1.807, 2.05) is 48.0 Å². The zero-order valence-corrected chi connectivity index (χ0v) is 17.6. The van der Waals surface area contributed by atoms with E-state index in [0.717, 1.165) is 21.7 Å². The number of hydrogen-bond acceptors (Lipinski definition) is 4. The van der Waals surface area contributed by atoms with E-state index in [1.54, 1.807) is 6.26 Å². The van der Waals surface area contributed by atoms with Crippen molar-refractivity contribution in [3.63, 3.8) is 0 Å². The minimum absolute atomic E-state index is 0.0605. The van der Waals surface area contributed by atoms with E-state index in [4.69, 9.17) is 4.42 Å². The lowest BCUT2D eigenvalue weighted by atomic mass is 10.2. The van der Waals surface area contributed by atoms with Crippen LogP contribution in [0.5, 0.6) is 0 Å². The van der Waals surface area contributed by atoms with Crippen LogP contribution in [0.15, 0.2) is 59.2 Å². The van der Waals surface area contributed by atoms with Crippen molar-refractivity contribution in [2.45, 2.75) is 19.5 Å². The van der Waals surface area contributed by atoms with Crippen molar-refractivity contribution in [2.75, 3.05) is 20.6 Å². The molecule has 0 aliphatic carbocycles. The predicted molar refractivity (Wildman–Crippen MR) is 114 cm³/mol. The number of thiophene rings is 1. The van der Waals surface area contributed by atoms with Crippen molar-refractivity contribution in [1.82, 2.24) is 15.1 Å². The normalized spacial score (nSPS) is 12.6. The Hall–Kier alpha value is -2.90. The maximum Gasteiger partial charge on any atom is 0.261 e. The van der Waals surface area contributed by atoms with Gasteiger partial charge >= 0.3 is 0 Å². The van der Waals surface area contributed by atoms with Crippen molar-refractivity contribution < 1.29 is 14.1 Å². The van der Waals surface area contributed by atoms with Crippen LogP contribution in [0.25, 0.3) is 10.2 Å². The Bertz CT molecular complexity index is 1100. The van der Waals surface area contributed by atoms with Crippen LogP contribution >= 0.6 is 11.3 Å². The Morgan fingerprint density at radius 3 is 2.72 bits per heavy atom. The van der Waals surface area contributed by atoms with Crippen LogP contribution in [0.1, 0.15) is 32.7 Å². The monoisotopic (exact) mass is 409 g/mol. The Kier molecular flexibility index (Phi) is 5.51. The molecule has 0 aliphatic rings. The van der Waals surface area contributed by atoms with Gasteiger partial charge in [-0.1, -0.05) is 30.3 Å². The van der Waals surface area contributed by atoms with Crippen molar-refractivity contribution in [1.29, 1.82) is 0 Å². The number of quaternary nitrogens is 1. The summed E-state index contributed by atoms with van der Waals surface area (Å²) in [6.45, 7) is 3.19. The first kappa shape index (κ1) is 19.4. The zero-order chi connectivity index (χ0) is 20.4. The number of aryl methyl sites for hydroxylation is 1. The lowest BCUT2D eigenvalue weighted by molar-refractivity contribution is -0.891. The lowest BCUT2D eigenvalue weighted by Crippen LogP contribution is -3.07. The van der Waals surface area contributed by atoms with Gasteiger partial charge in [-0.3, -0.25) is 9.48 Å². The molecule has 0 spiro atoms. The fraction of sp³-hybridized carbons (Fsp3) is 0.273. The maximum absolute atomic E-state index is 12.8. The van der Waals surface area contributed by atoms with Gasteiger partial charge < -0.3 is 14.6 Å². The predicted octanol–water partition coefficient (Wildman–Crippen LogP) is 2.66. The van der Waals surface area contributed by atoms with Crippen molar-refractivity contribution in [3.8, 4) is 0 Å². The number of fused-ring (bicyclic) bond motifs is 1. The average molecular weight is 410 g/mol. The minimum Gasteiger partial charge on any atom is -0.463 e. The molecule has 0 radical (unpaired) electrons. The smallest absolute Gasteiger partial charge is 0.261 e. The standard InChI is InChI=1S/C22H24N4O2S/c1-15-17-12-20(21(27)23-13-18(25(2)3)19-10-7-11-28-19)29-22(17)26(24-15)14-16-8-5-4-6-9-16/h4-12,18H,13-14H2,1-3H3,(H,23,27)/p+1/t18-/m0/s1. The molecule has 0 saturated carbocycles. The van der Waals surface area contributed by atoms with Gasteiger partial charge in [-0.2, -0.15) is 5.10 Å². The summed E-state index contributed by atoms with van der Waals surface area (Å²) in [6.07, 6.45) is 1.67. The lowest BCUT2D eigenvalue weighted by Gasteiger charge is -2.19. The summed E-state index contributed by atoms with van der Waals surface area (Å²) in [5.41, 5.74) is 2.13. The van der Waals surface area contributed by atoms with Gasteiger partial charge in [-0.05, 0) is 30.7 Å². The number of aromatic nitrogens is 2. The molecule has 0 saturated heterocycles. The second-order valence-electron chi connectivity index (χ2n) is 7.41. The van der Waals surface area contributed by atoms with Crippen LogP contribution in [0, 0.1) is 6.92 Å². The van der Waals surface area contributed by atoms with Crippen molar-refractivity contribution >= 4 is 27.5 Å². The highest BCUT2D eigenvalue weighted by atomic mass is 32.1. The fourth-order valence-electron chi connectivity index (χ4n) is 3.45. The number of hydrogen-bond donors (Lipinski definition) is 2. The first-order valence-corrected chi connectivity index (χ1v) is 10.5. The molecule has 1 atom stereocenters. The molecule has 3 heterocycles. The Morgan fingerprint density at radius 1 is 1.24 bits per heavy atom. The van der Waals surface area contributed by atoms with E-state index in [9.17, 15) is 4.79 Å². The van der Waals surface area contributed by atoms with Gasteiger partial charge in [-0.25, -0.2) is 0 Å². The molecule has 1 aromatic carbocycles. The molecule has 0 aliphatic heterocycles. The summed E-state index contributed by atoms with van der Waals surface area (Å²) in [7, 11) is 4.11. The largest absolute Gasteiger partial charge is 0.463 e. The number of likely N-dealkylation sites (N-methyl/N-ethyl adjacent to an activating group) is 1. The number of nitrogens with one attached hydrogen (secondary N) is 2. The molecular weight excluding hydrogens is 384 g/mol. The molecule has 0 bridgehead atoms. The molecule has 7 heteroatoms. The van der Waals surface area contributed by atoms with Crippen LogP contribution < -0.4 is 10.2 Å². The van der Waals surface area contributed by atoms with E-state index in [0.29, 0.717) is 18.0 Å². The third-order valence-corrected chi connectivity index (χ3v) is 6.20. The molecule has 2 N–H and O–H groups in total. The molecule has 1 amide bonds. The minimum atomic E-state index is -0.0605. The second kappa shape index (κ2) is 8.23. The van der Waals surface area contributed by atoms with E-state index in [-0.39, 0.29) is 11.9 Å². The van der Waals surface area contributed by atoms with Gasteiger partial charge in [0.15, 0.2) is 11.8 Å². The first-order valence-electron chi connectivity index (χ1n) is 9.65. The summed E-state index contributed by atoms with van der Waals surface area (Å²) in [4.78, 5) is 15.7. The third-order valence-electron chi connectivity index (χ3n) is 5.06. The topological polar surface area (TPSA) is 64.5 Å². The summed E-state index contributed by atoms with van der Waals surface area (Å²) >= 11 is 1.49. The number of benzene rings is 1. The highest BCUT2D eigenvalue weighted by Gasteiger charge is 2.23. The van der Waals surface area contributed by atoms with E-state index in [1.165, 1.54) is 21.8 Å². The van der Waals surface area contributed by atoms with Gasteiger partial charge in [-0.15, -0.1) is 11.3 Å². The summed E-state index contributed by atoms with van der Waals surface area (Å²) in [6, 6.07) is 16.1. The fourth-order valence-corrected chi connectivity index (χ4v) is 4.53. The van der Waals surface area contributed by atoms with Gasteiger partial charge in [0.05, 0.1) is 44.0 Å². The third kappa shape index (κ3) is 4.11. The van der Waals surface area contributed by atoms with E-state index in [2.05, 4.69) is 36.6 Å². The van der Waals surface area contributed by atoms with Crippen molar-refractivity contribution in [2.24, 2.45) is 0 Å². The molecule has 150 valence electrons. The number of carbonyl (C=O) groups is 1. The molecule has 0 fully saturated rings. The average Bonchev–Trinajstić information content (AvgIpc) is 3.42. The number of furan rings is 1. The number of amides is 1. The van der Waals surface area contributed by atoms with Crippen LogP contribution in [-0.4, -0.2) is 36.3 Å². The quantitative estimate of drug-likeness (QED) is 0.493. The summed E-state index contributed by atoms with van der Waals surface area (Å²) in [5.74, 6) is 0.811. The number of carbonyl (C=O) groups excluding carboxylic acids is 1. The number of rotatable bonds is 7. The molecule has 4 rings (SSSR count). The number of nitrogens with zero attached hydrogens (tertiary/aromatic N) is 2. The summed E-state index contributed by atoms with van der Waals surface area (Å²) in [5, 5.41) is 8.76. The Balaban J connectivity index is 1.52. The van der Waals surface area contributed by atoms with Gasteiger partial charge in [0, 0.05) is 5.39 Å². The molecular formula is C22H25N4O2S+. The van der Waals surface area contributed by atoms with Gasteiger partial charge in [0.1, 0.15) is 4.83 Å². The molecule has 0 unspecified atom stereocenters. The first-order chi connectivity index (χ1) is 14.0. The van der Waals surface area contributed by atoms with Gasteiger partial charge in [0.25, 0.3) is 5.91 Å². The highest BCUT2D eigenvalue weighted by molar-refractivity contribution is 7.20. The second-order valence-corrected chi connectivity index (χ2v) is 8.44. The van der Waals surface area contributed by atoms with E-state index >= 15 is 0 Å². The SMILES string of the molecule is Cc1nn(Cc2ccccc2)c2sc(C(=O)NC[C@@H](c3ccco3)[NH+](C)C)cc12. The Labute approximate surface area is 173 Å². The Morgan fingerprint density at radius 2 is 2.03 bits per heavy atom. The molecule has 4 aromatic rings. The van der Waals surface area contributed by atoms with Crippen molar-refractivity contribution in [3.05, 3.63) is 76.7 Å². The molecule has 3 aromatic heterocycles. The van der Waals surface area contributed by atoms with Crippen LogP contribution in [0.2, 0.25) is 0 Å².